The molecule has 0 saturated carbocycles. The molecule has 3 aromatic rings. The van der Waals surface area contributed by atoms with Crippen molar-refractivity contribution in [2.24, 2.45) is 0 Å². The van der Waals surface area contributed by atoms with Gasteiger partial charge in [-0.05, 0) is 58.1 Å². The van der Waals surface area contributed by atoms with E-state index in [4.69, 9.17) is 15.3 Å². The number of carbonyl (C=O) groups is 3. The molecule has 2 aromatic carbocycles. The second-order valence-electron chi connectivity index (χ2n) is 8.07. The molecule has 1 fully saturated rings. The Balaban J connectivity index is 0.000000331. The molecular weight excluding hydrogens is 422 g/mol. The van der Waals surface area contributed by atoms with Gasteiger partial charge in [0.1, 0.15) is 0 Å². The summed E-state index contributed by atoms with van der Waals surface area (Å²) in [5, 5.41) is 21.5. The molecule has 0 amide bonds. The predicted molar refractivity (Wildman–Crippen MR) is 125 cm³/mol. The number of hydrogen-bond acceptors (Lipinski definition) is 5. The third-order valence-electron chi connectivity index (χ3n) is 5.58. The second-order valence-corrected chi connectivity index (χ2v) is 8.07. The standard InChI is InChI=1S/C21H23N3O.C4H4O4/c1-15-7-9-17(10-8-15)21(25)24-19-6-4-3-5-18(19)20(22-24)16-11-13-23(2)14-12-16;5-3(6)1-2-4(7)8/h3-10,16H,11-14H2,1-2H3;1-2H,(H,5,6)(H,7,8)/b;2-1+. The summed E-state index contributed by atoms with van der Waals surface area (Å²) in [5.41, 5.74) is 3.80. The van der Waals surface area contributed by atoms with Gasteiger partial charge in [0.15, 0.2) is 0 Å². The fourth-order valence-electron chi connectivity index (χ4n) is 3.79. The van der Waals surface area contributed by atoms with Gasteiger partial charge in [-0.25, -0.2) is 9.59 Å². The summed E-state index contributed by atoms with van der Waals surface area (Å²) in [6.45, 7) is 4.19. The molecule has 8 nitrogen and oxygen atoms in total. The number of aromatic nitrogens is 2. The number of nitrogens with zero attached hydrogens (tertiary/aromatic N) is 3. The van der Waals surface area contributed by atoms with Gasteiger partial charge in [-0.2, -0.15) is 9.78 Å². The number of carboxylic acid groups (broad SMARTS) is 2. The fourth-order valence-corrected chi connectivity index (χ4v) is 3.79. The molecule has 0 radical (unpaired) electrons. The van der Waals surface area contributed by atoms with Gasteiger partial charge in [0.25, 0.3) is 5.91 Å². The van der Waals surface area contributed by atoms with Crippen molar-refractivity contribution in [1.82, 2.24) is 14.7 Å². The SMILES string of the molecule is Cc1ccc(C(=O)n2nc(C3CCN(C)CC3)c3ccccc32)cc1.O=C(O)/C=C/C(=O)O. The highest BCUT2D eigenvalue weighted by atomic mass is 16.4. The van der Waals surface area contributed by atoms with Crippen LogP contribution in [-0.4, -0.2) is 62.9 Å². The van der Waals surface area contributed by atoms with E-state index in [0.717, 1.165) is 48.1 Å². The summed E-state index contributed by atoms with van der Waals surface area (Å²) >= 11 is 0. The molecule has 0 bridgehead atoms. The van der Waals surface area contributed by atoms with Gasteiger partial charge in [-0.15, -0.1) is 0 Å². The number of para-hydroxylation sites is 1. The monoisotopic (exact) mass is 449 g/mol. The number of fused-ring (bicyclic) bond motifs is 1. The Morgan fingerprint density at radius 2 is 1.52 bits per heavy atom. The summed E-state index contributed by atoms with van der Waals surface area (Å²) in [4.78, 5) is 34.5. The molecule has 172 valence electrons. The average Bonchev–Trinajstić information content (AvgIpc) is 3.18. The maximum absolute atomic E-state index is 13.0. The van der Waals surface area contributed by atoms with Crippen molar-refractivity contribution in [3.05, 3.63) is 77.5 Å². The van der Waals surface area contributed by atoms with Crippen molar-refractivity contribution >= 4 is 28.7 Å². The molecule has 2 heterocycles. The van der Waals surface area contributed by atoms with Gasteiger partial charge in [-0.1, -0.05) is 35.9 Å². The van der Waals surface area contributed by atoms with E-state index in [0.29, 0.717) is 23.6 Å². The quantitative estimate of drug-likeness (QED) is 0.586. The van der Waals surface area contributed by atoms with Gasteiger partial charge >= 0.3 is 11.9 Å². The number of hydrogen-bond donors (Lipinski definition) is 2. The Kier molecular flexibility index (Phi) is 7.74. The Bertz CT molecular complexity index is 1160. The summed E-state index contributed by atoms with van der Waals surface area (Å²) in [6.07, 6.45) is 3.30. The van der Waals surface area contributed by atoms with Gasteiger partial charge in [-0.3, -0.25) is 4.79 Å². The first kappa shape index (κ1) is 23.9. The largest absolute Gasteiger partial charge is 0.478 e. The van der Waals surface area contributed by atoms with Crippen LogP contribution in [0.25, 0.3) is 10.9 Å². The van der Waals surface area contributed by atoms with Crippen molar-refractivity contribution < 1.29 is 24.6 Å². The molecule has 4 rings (SSSR count). The summed E-state index contributed by atoms with van der Waals surface area (Å²) < 4.78 is 1.59. The molecule has 33 heavy (non-hydrogen) atoms. The molecule has 0 spiro atoms. The second kappa shape index (κ2) is 10.7. The smallest absolute Gasteiger partial charge is 0.328 e. The third kappa shape index (κ3) is 6.14. The Hall–Kier alpha value is -3.78. The molecule has 0 unspecified atom stereocenters. The van der Waals surface area contributed by atoms with E-state index in [-0.39, 0.29) is 5.91 Å². The van der Waals surface area contributed by atoms with Gasteiger partial charge in [0.2, 0.25) is 0 Å². The topological polar surface area (TPSA) is 113 Å². The summed E-state index contributed by atoms with van der Waals surface area (Å²) in [5.74, 6) is -2.15. The van der Waals surface area contributed by atoms with E-state index < -0.39 is 11.9 Å². The zero-order chi connectivity index (χ0) is 24.0. The van der Waals surface area contributed by atoms with E-state index in [1.54, 1.807) is 4.68 Å². The highest BCUT2D eigenvalue weighted by Crippen LogP contribution is 2.32. The fraction of sp³-hybridized carbons (Fsp3) is 0.280. The predicted octanol–water partition coefficient (Wildman–Crippen LogP) is 3.55. The number of carboxylic acids is 2. The van der Waals surface area contributed by atoms with E-state index >= 15 is 0 Å². The van der Waals surface area contributed by atoms with Crippen LogP contribution in [0, 0.1) is 6.92 Å². The van der Waals surface area contributed by atoms with E-state index in [9.17, 15) is 14.4 Å². The van der Waals surface area contributed by atoms with Crippen LogP contribution in [0.2, 0.25) is 0 Å². The first-order valence-electron chi connectivity index (χ1n) is 10.7. The molecule has 1 aliphatic heterocycles. The zero-order valence-electron chi connectivity index (χ0n) is 18.6. The lowest BCUT2D eigenvalue weighted by atomic mass is 9.92. The van der Waals surface area contributed by atoms with Crippen molar-refractivity contribution in [1.29, 1.82) is 0 Å². The molecule has 0 atom stereocenters. The minimum Gasteiger partial charge on any atom is -0.478 e. The summed E-state index contributed by atoms with van der Waals surface area (Å²) in [7, 11) is 2.16. The number of piperidine rings is 1. The number of aliphatic carboxylic acids is 2. The van der Waals surface area contributed by atoms with Crippen LogP contribution in [0.5, 0.6) is 0 Å². The summed E-state index contributed by atoms with van der Waals surface area (Å²) in [6, 6.07) is 15.8. The van der Waals surface area contributed by atoms with E-state index in [1.807, 2.05) is 49.4 Å². The lowest BCUT2D eigenvalue weighted by molar-refractivity contribution is -0.134. The van der Waals surface area contributed by atoms with Crippen LogP contribution < -0.4 is 0 Å². The molecule has 1 saturated heterocycles. The molecule has 1 aliphatic rings. The maximum atomic E-state index is 13.0. The average molecular weight is 450 g/mol. The minimum absolute atomic E-state index is 0.0598. The Morgan fingerprint density at radius 3 is 2.09 bits per heavy atom. The third-order valence-corrected chi connectivity index (χ3v) is 5.58. The van der Waals surface area contributed by atoms with Crippen molar-refractivity contribution in [2.45, 2.75) is 25.7 Å². The number of benzene rings is 2. The number of rotatable bonds is 4. The van der Waals surface area contributed by atoms with Gasteiger partial charge < -0.3 is 15.1 Å². The van der Waals surface area contributed by atoms with Crippen LogP contribution in [-0.2, 0) is 9.59 Å². The lowest BCUT2D eigenvalue weighted by Gasteiger charge is -2.28. The van der Waals surface area contributed by atoms with Crippen molar-refractivity contribution in [3.63, 3.8) is 0 Å². The van der Waals surface area contributed by atoms with Crippen LogP contribution in [0.15, 0.2) is 60.7 Å². The molecule has 1 aromatic heterocycles. The van der Waals surface area contributed by atoms with Crippen LogP contribution in [0.1, 0.15) is 40.4 Å². The number of likely N-dealkylation sites (tertiary alicyclic amines) is 1. The van der Waals surface area contributed by atoms with E-state index in [1.165, 1.54) is 0 Å². The van der Waals surface area contributed by atoms with Gasteiger partial charge in [0, 0.05) is 29.0 Å². The van der Waals surface area contributed by atoms with Crippen LogP contribution in [0.4, 0.5) is 0 Å². The van der Waals surface area contributed by atoms with Crippen molar-refractivity contribution in [3.8, 4) is 0 Å². The number of aryl methyl sites for hydroxylation is 1. The lowest BCUT2D eigenvalue weighted by Crippen LogP contribution is -2.29. The molecule has 0 aliphatic carbocycles. The first-order chi connectivity index (χ1) is 15.8. The first-order valence-corrected chi connectivity index (χ1v) is 10.7. The maximum Gasteiger partial charge on any atom is 0.328 e. The number of carbonyl (C=O) groups excluding carboxylic acids is 1. The highest BCUT2D eigenvalue weighted by molar-refractivity contribution is 6.01. The highest BCUT2D eigenvalue weighted by Gasteiger charge is 2.25. The Morgan fingerprint density at radius 1 is 0.939 bits per heavy atom. The molecular formula is C25H27N3O5. The molecule has 2 N–H and O–H groups in total. The van der Waals surface area contributed by atoms with Crippen molar-refractivity contribution in [2.75, 3.05) is 20.1 Å². The minimum atomic E-state index is -1.26. The normalized spacial score (nSPS) is 14.7. The van der Waals surface area contributed by atoms with Gasteiger partial charge in [0.05, 0.1) is 11.2 Å². The molecule has 8 heteroatoms. The van der Waals surface area contributed by atoms with Crippen LogP contribution in [0.3, 0.4) is 0 Å². The van der Waals surface area contributed by atoms with Crippen LogP contribution >= 0.6 is 0 Å². The zero-order valence-corrected chi connectivity index (χ0v) is 18.6. The Labute approximate surface area is 191 Å². The van der Waals surface area contributed by atoms with E-state index in [2.05, 4.69) is 18.0 Å².